The van der Waals surface area contributed by atoms with Crippen LogP contribution in [0.4, 0.5) is 11.4 Å². The van der Waals surface area contributed by atoms with Gasteiger partial charge in [0.2, 0.25) is 21.8 Å². The third kappa shape index (κ3) is 4.19. The van der Waals surface area contributed by atoms with Crippen LogP contribution in [0.5, 0.6) is 0 Å². The average molecular weight is 311 g/mol. The molecule has 1 fully saturated rings. The Kier molecular flexibility index (Phi) is 4.17. The molecule has 0 spiro atoms. The summed E-state index contributed by atoms with van der Waals surface area (Å²) in [5, 5.41) is 5.33. The molecule has 1 atom stereocenters. The van der Waals surface area contributed by atoms with Crippen LogP contribution in [0.15, 0.2) is 18.2 Å². The van der Waals surface area contributed by atoms with Crippen molar-refractivity contribution in [1.82, 2.24) is 5.32 Å². The summed E-state index contributed by atoms with van der Waals surface area (Å²) in [6.45, 7) is 2.08. The third-order valence-electron chi connectivity index (χ3n) is 3.14. The van der Waals surface area contributed by atoms with Gasteiger partial charge in [0.05, 0.1) is 17.9 Å². The summed E-state index contributed by atoms with van der Waals surface area (Å²) in [5.74, 6) is -0.720. The first kappa shape index (κ1) is 15.3. The Balaban J connectivity index is 2.06. The maximum Gasteiger partial charge on any atom is 0.229 e. The van der Waals surface area contributed by atoms with Gasteiger partial charge in [0, 0.05) is 18.7 Å². The molecule has 1 saturated heterocycles. The first-order valence-electron chi connectivity index (χ1n) is 6.40. The highest BCUT2D eigenvalue weighted by molar-refractivity contribution is 7.92. The Morgan fingerprint density at radius 1 is 1.38 bits per heavy atom. The third-order valence-corrected chi connectivity index (χ3v) is 3.73. The van der Waals surface area contributed by atoms with Crippen molar-refractivity contribution >= 4 is 33.2 Å². The number of rotatable bonds is 4. The lowest BCUT2D eigenvalue weighted by molar-refractivity contribution is -0.123. The molecule has 0 saturated carbocycles. The molecule has 114 valence electrons. The predicted molar refractivity (Wildman–Crippen MR) is 79.4 cm³/mol. The molecule has 0 radical (unpaired) electrons. The van der Waals surface area contributed by atoms with Crippen molar-refractivity contribution in [2.75, 3.05) is 22.8 Å². The van der Waals surface area contributed by atoms with Gasteiger partial charge in [-0.15, -0.1) is 0 Å². The molecule has 0 bridgehead atoms. The number of hydrogen-bond acceptors (Lipinski definition) is 4. The fraction of sp³-hybridized carbons (Fsp3) is 0.385. The normalized spacial score (nSPS) is 18.2. The monoisotopic (exact) mass is 311 g/mol. The van der Waals surface area contributed by atoms with Crippen LogP contribution in [0.1, 0.15) is 12.0 Å². The average Bonchev–Trinajstić information content (AvgIpc) is 2.78. The highest BCUT2D eigenvalue weighted by Gasteiger charge is 2.27. The summed E-state index contributed by atoms with van der Waals surface area (Å²) < 4.78 is 24.8. The zero-order chi connectivity index (χ0) is 15.6. The number of sulfonamides is 1. The number of aryl methyl sites for hydroxylation is 1. The SMILES string of the molecule is Cc1cc(NC(=O)C2CNC(=O)C2)ccc1NS(C)(=O)=O. The minimum atomic E-state index is -3.34. The van der Waals surface area contributed by atoms with Gasteiger partial charge in [-0.1, -0.05) is 0 Å². The molecule has 3 N–H and O–H groups in total. The number of carbonyl (C=O) groups is 2. The molecule has 21 heavy (non-hydrogen) atoms. The van der Waals surface area contributed by atoms with Crippen molar-refractivity contribution < 1.29 is 18.0 Å². The first-order valence-corrected chi connectivity index (χ1v) is 8.30. The van der Waals surface area contributed by atoms with E-state index >= 15 is 0 Å². The number of hydrogen-bond donors (Lipinski definition) is 3. The molecule has 1 unspecified atom stereocenters. The van der Waals surface area contributed by atoms with Gasteiger partial charge in [-0.05, 0) is 30.7 Å². The fourth-order valence-corrected chi connectivity index (χ4v) is 2.72. The number of benzene rings is 1. The zero-order valence-electron chi connectivity index (χ0n) is 11.8. The van der Waals surface area contributed by atoms with E-state index in [2.05, 4.69) is 15.4 Å². The highest BCUT2D eigenvalue weighted by Crippen LogP contribution is 2.21. The summed E-state index contributed by atoms with van der Waals surface area (Å²) in [6.07, 6.45) is 1.27. The van der Waals surface area contributed by atoms with Crippen LogP contribution in [-0.2, 0) is 19.6 Å². The van der Waals surface area contributed by atoms with E-state index in [0.717, 1.165) is 6.26 Å². The lowest BCUT2D eigenvalue weighted by Crippen LogP contribution is -2.24. The Bertz CT molecular complexity index is 685. The van der Waals surface area contributed by atoms with E-state index in [4.69, 9.17) is 0 Å². The topological polar surface area (TPSA) is 104 Å². The molecule has 1 aromatic rings. The molecular weight excluding hydrogens is 294 g/mol. The van der Waals surface area contributed by atoms with E-state index in [1.807, 2.05) is 0 Å². The van der Waals surface area contributed by atoms with Gasteiger partial charge in [-0.25, -0.2) is 8.42 Å². The first-order chi connectivity index (χ1) is 9.74. The van der Waals surface area contributed by atoms with Crippen molar-refractivity contribution in [1.29, 1.82) is 0 Å². The van der Waals surface area contributed by atoms with E-state index < -0.39 is 10.0 Å². The van der Waals surface area contributed by atoms with E-state index in [9.17, 15) is 18.0 Å². The number of amides is 2. The molecular formula is C13H17N3O4S. The van der Waals surface area contributed by atoms with Crippen LogP contribution in [0.25, 0.3) is 0 Å². The molecule has 1 aliphatic rings. The molecule has 7 nitrogen and oxygen atoms in total. The van der Waals surface area contributed by atoms with Gasteiger partial charge in [0.25, 0.3) is 0 Å². The van der Waals surface area contributed by atoms with Gasteiger partial charge in [-0.3, -0.25) is 14.3 Å². The molecule has 1 heterocycles. The maximum atomic E-state index is 12.0. The minimum Gasteiger partial charge on any atom is -0.355 e. The van der Waals surface area contributed by atoms with Crippen LogP contribution in [-0.4, -0.2) is 33.0 Å². The largest absolute Gasteiger partial charge is 0.355 e. The number of anilines is 2. The van der Waals surface area contributed by atoms with Crippen LogP contribution in [0, 0.1) is 12.8 Å². The summed E-state index contributed by atoms with van der Waals surface area (Å²) in [7, 11) is -3.34. The van der Waals surface area contributed by atoms with Gasteiger partial charge < -0.3 is 10.6 Å². The standard InChI is InChI=1S/C13H17N3O4S/c1-8-5-10(3-4-11(8)16-21(2,19)20)15-13(18)9-6-12(17)14-7-9/h3-5,9,16H,6-7H2,1-2H3,(H,14,17)(H,15,18). The van der Waals surface area contributed by atoms with E-state index in [1.54, 1.807) is 25.1 Å². The minimum absolute atomic E-state index is 0.126. The lowest BCUT2D eigenvalue weighted by Gasteiger charge is -2.12. The van der Waals surface area contributed by atoms with Crippen LogP contribution >= 0.6 is 0 Å². The Morgan fingerprint density at radius 3 is 2.62 bits per heavy atom. The Morgan fingerprint density at radius 2 is 2.10 bits per heavy atom. The van der Waals surface area contributed by atoms with Gasteiger partial charge in [0.1, 0.15) is 0 Å². The van der Waals surface area contributed by atoms with Gasteiger partial charge in [-0.2, -0.15) is 0 Å². The van der Waals surface area contributed by atoms with Crippen LogP contribution in [0.2, 0.25) is 0 Å². The van der Waals surface area contributed by atoms with Crippen molar-refractivity contribution in [3.8, 4) is 0 Å². The molecule has 8 heteroatoms. The van der Waals surface area contributed by atoms with E-state index in [0.29, 0.717) is 23.5 Å². The van der Waals surface area contributed by atoms with E-state index in [-0.39, 0.29) is 24.2 Å². The summed E-state index contributed by atoms with van der Waals surface area (Å²) in [4.78, 5) is 23.1. The summed E-state index contributed by atoms with van der Waals surface area (Å²) in [5.41, 5.74) is 1.72. The second-order valence-corrected chi connectivity index (χ2v) is 6.85. The van der Waals surface area contributed by atoms with Gasteiger partial charge in [0.15, 0.2) is 0 Å². The summed E-state index contributed by atoms with van der Waals surface area (Å²) in [6, 6.07) is 4.88. The van der Waals surface area contributed by atoms with Gasteiger partial charge >= 0.3 is 0 Å². The van der Waals surface area contributed by atoms with E-state index in [1.165, 1.54) is 0 Å². The quantitative estimate of drug-likeness (QED) is 0.750. The predicted octanol–water partition coefficient (Wildman–Crippen LogP) is 0.441. The Labute approximate surface area is 123 Å². The number of nitrogens with one attached hydrogen (secondary N) is 3. The van der Waals surface area contributed by atoms with Crippen LogP contribution in [0.3, 0.4) is 0 Å². The molecule has 2 amide bonds. The second-order valence-electron chi connectivity index (χ2n) is 5.10. The molecule has 1 aliphatic heterocycles. The van der Waals surface area contributed by atoms with Crippen molar-refractivity contribution in [2.24, 2.45) is 5.92 Å². The number of carbonyl (C=O) groups excluding carboxylic acids is 2. The highest BCUT2D eigenvalue weighted by atomic mass is 32.2. The molecule has 0 aliphatic carbocycles. The maximum absolute atomic E-state index is 12.0. The van der Waals surface area contributed by atoms with Crippen molar-refractivity contribution in [3.05, 3.63) is 23.8 Å². The van der Waals surface area contributed by atoms with Crippen molar-refractivity contribution in [2.45, 2.75) is 13.3 Å². The molecule has 1 aromatic carbocycles. The Hall–Kier alpha value is -2.09. The summed E-state index contributed by atoms with van der Waals surface area (Å²) >= 11 is 0. The smallest absolute Gasteiger partial charge is 0.229 e. The second kappa shape index (κ2) is 5.72. The molecule has 0 aromatic heterocycles. The lowest BCUT2D eigenvalue weighted by atomic mass is 10.1. The fourth-order valence-electron chi connectivity index (χ4n) is 2.09. The van der Waals surface area contributed by atoms with Crippen LogP contribution < -0.4 is 15.4 Å². The van der Waals surface area contributed by atoms with Crippen molar-refractivity contribution in [3.63, 3.8) is 0 Å². The molecule has 2 rings (SSSR count). The zero-order valence-corrected chi connectivity index (χ0v) is 12.6.